The van der Waals surface area contributed by atoms with Crippen molar-refractivity contribution in [3.63, 3.8) is 0 Å². The molecule has 1 aromatic carbocycles. The average molecular weight is 316 g/mol. The Labute approximate surface area is 137 Å². The van der Waals surface area contributed by atoms with Gasteiger partial charge in [-0.05, 0) is 49.6 Å². The van der Waals surface area contributed by atoms with Gasteiger partial charge in [-0.15, -0.1) is 0 Å². The molecule has 0 saturated heterocycles. The molecule has 1 aromatic heterocycles. The summed E-state index contributed by atoms with van der Waals surface area (Å²) in [5, 5.41) is 3.01. The number of urea groups is 1. The van der Waals surface area contributed by atoms with Crippen molar-refractivity contribution >= 4 is 6.03 Å². The molecule has 2 rings (SSSR count). The lowest BCUT2D eigenvalue weighted by atomic mass is 10.1. The molecule has 124 valence electrons. The minimum atomic E-state index is -0.0939. The topological polar surface area (TPSA) is 54.7 Å². The number of carbonyl (C=O) groups excluding carboxylic acids is 1. The molecule has 0 spiro atoms. The fourth-order valence-electron chi connectivity index (χ4n) is 2.28. The molecule has 2 amide bonds. The summed E-state index contributed by atoms with van der Waals surface area (Å²) in [6, 6.07) is 11.7. The van der Waals surface area contributed by atoms with Gasteiger partial charge < -0.3 is 19.4 Å². The van der Waals surface area contributed by atoms with Gasteiger partial charge in [0.05, 0.1) is 19.9 Å². The number of ether oxygens (including phenoxy) is 1. The first-order chi connectivity index (χ1) is 11.1. The van der Waals surface area contributed by atoms with Crippen molar-refractivity contribution in [2.24, 2.45) is 0 Å². The highest BCUT2D eigenvalue weighted by atomic mass is 16.5. The molecule has 23 heavy (non-hydrogen) atoms. The van der Waals surface area contributed by atoms with E-state index in [1.807, 2.05) is 31.2 Å². The molecule has 5 nitrogen and oxygen atoms in total. The number of carbonyl (C=O) groups is 1. The van der Waals surface area contributed by atoms with Crippen molar-refractivity contribution in [2.45, 2.75) is 32.4 Å². The Kier molecular flexibility index (Phi) is 6.09. The summed E-state index contributed by atoms with van der Waals surface area (Å²) in [6.45, 7) is 2.48. The van der Waals surface area contributed by atoms with Crippen molar-refractivity contribution < 1.29 is 13.9 Å². The number of nitrogens with zero attached hydrogens (tertiary/aromatic N) is 1. The predicted octanol–water partition coefficient (Wildman–Crippen LogP) is 3.45. The summed E-state index contributed by atoms with van der Waals surface area (Å²) in [6.07, 6.45) is 3.40. The number of hydrogen-bond donors (Lipinski definition) is 1. The number of furan rings is 1. The number of hydrogen-bond acceptors (Lipinski definition) is 3. The van der Waals surface area contributed by atoms with Gasteiger partial charge in [-0.3, -0.25) is 0 Å². The van der Waals surface area contributed by atoms with Crippen LogP contribution >= 0.6 is 0 Å². The third-order valence-electron chi connectivity index (χ3n) is 3.71. The summed E-state index contributed by atoms with van der Waals surface area (Å²) in [4.78, 5) is 13.7. The van der Waals surface area contributed by atoms with Crippen molar-refractivity contribution in [2.75, 3.05) is 14.2 Å². The maximum absolute atomic E-state index is 12.1. The molecule has 0 unspecified atom stereocenters. The van der Waals surface area contributed by atoms with Gasteiger partial charge in [0.1, 0.15) is 11.5 Å². The number of amides is 2. The van der Waals surface area contributed by atoms with E-state index in [1.54, 1.807) is 25.3 Å². The van der Waals surface area contributed by atoms with Crippen LogP contribution in [0.2, 0.25) is 0 Å². The van der Waals surface area contributed by atoms with E-state index in [2.05, 4.69) is 17.4 Å². The zero-order valence-electron chi connectivity index (χ0n) is 13.9. The summed E-state index contributed by atoms with van der Waals surface area (Å²) < 4.78 is 10.4. The van der Waals surface area contributed by atoms with Gasteiger partial charge in [0.2, 0.25) is 0 Å². The highest BCUT2D eigenvalue weighted by Crippen LogP contribution is 2.13. The Balaban J connectivity index is 1.74. The largest absolute Gasteiger partial charge is 0.497 e. The second kappa shape index (κ2) is 8.27. The molecule has 2 aromatic rings. The fourth-order valence-corrected chi connectivity index (χ4v) is 2.28. The molecule has 1 atom stereocenters. The van der Waals surface area contributed by atoms with E-state index >= 15 is 0 Å². The Bertz CT molecular complexity index is 593. The van der Waals surface area contributed by atoms with Crippen LogP contribution in [0.1, 0.15) is 24.7 Å². The summed E-state index contributed by atoms with van der Waals surface area (Å²) in [5.74, 6) is 1.63. The standard InChI is InChI=1S/C18H24N2O3/c1-14(6-7-15-8-10-16(22-3)11-9-15)19-18(21)20(2)13-17-5-4-12-23-17/h4-5,8-12,14H,6-7,13H2,1-3H3,(H,19,21)/t14-/m1/s1. The Hall–Kier alpha value is -2.43. The smallest absolute Gasteiger partial charge is 0.317 e. The van der Waals surface area contributed by atoms with E-state index in [-0.39, 0.29) is 12.1 Å². The van der Waals surface area contributed by atoms with Gasteiger partial charge in [0, 0.05) is 13.1 Å². The van der Waals surface area contributed by atoms with Gasteiger partial charge in [0.25, 0.3) is 0 Å². The van der Waals surface area contributed by atoms with Gasteiger partial charge in [0.15, 0.2) is 0 Å². The van der Waals surface area contributed by atoms with Crippen LogP contribution in [0, 0.1) is 0 Å². The number of nitrogens with one attached hydrogen (secondary N) is 1. The second-order valence-electron chi connectivity index (χ2n) is 5.67. The van der Waals surface area contributed by atoms with Crippen LogP contribution in [0.3, 0.4) is 0 Å². The Morgan fingerprint density at radius 2 is 2.04 bits per heavy atom. The average Bonchev–Trinajstić information content (AvgIpc) is 3.06. The van der Waals surface area contributed by atoms with Crippen molar-refractivity contribution in [1.82, 2.24) is 10.2 Å². The molecule has 0 fully saturated rings. The number of aryl methyl sites for hydroxylation is 1. The molecular weight excluding hydrogens is 292 g/mol. The highest BCUT2D eigenvalue weighted by molar-refractivity contribution is 5.74. The first kappa shape index (κ1) is 16.9. The molecular formula is C18H24N2O3. The number of rotatable bonds is 7. The third kappa shape index (κ3) is 5.36. The quantitative estimate of drug-likeness (QED) is 0.851. The first-order valence-corrected chi connectivity index (χ1v) is 7.75. The number of methoxy groups -OCH3 is 1. The monoisotopic (exact) mass is 316 g/mol. The van der Waals surface area contributed by atoms with E-state index < -0.39 is 0 Å². The zero-order chi connectivity index (χ0) is 16.7. The first-order valence-electron chi connectivity index (χ1n) is 7.75. The molecule has 0 aliphatic heterocycles. The van der Waals surface area contributed by atoms with E-state index in [1.165, 1.54) is 5.56 Å². The van der Waals surface area contributed by atoms with Gasteiger partial charge in [-0.1, -0.05) is 12.1 Å². The van der Waals surface area contributed by atoms with Crippen LogP contribution in [-0.4, -0.2) is 31.1 Å². The van der Waals surface area contributed by atoms with Gasteiger partial charge in [-0.2, -0.15) is 0 Å². The normalized spacial score (nSPS) is 11.8. The zero-order valence-corrected chi connectivity index (χ0v) is 13.9. The molecule has 0 aliphatic carbocycles. The van der Waals surface area contributed by atoms with Gasteiger partial charge in [-0.25, -0.2) is 4.79 Å². The lowest BCUT2D eigenvalue weighted by Crippen LogP contribution is -2.41. The minimum absolute atomic E-state index is 0.0939. The van der Waals surface area contributed by atoms with Crippen molar-refractivity contribution in [3.05, 3.63) is 54.0 Å². The summed E-state index contributed by atoms with van der Waals surface area (Å²) in [5.41, 5.74) is 1.23. The van der Waals surface area contributed by atoms with E-state index in [0.29, 0.717) is 6.54 Å². The lowest BCUT2D eigenvalue weighted by molar-refractivity contribution is 0.199. The number of benzene rings is 1. The molecule has 1 N–H and O–H groups in total. The van der Waals surface area contributed by atoms with Crippen molar-refractivity contribution in [3.8, 4) is 5.75 Å². The van der Waals surface area contributed by atoms with Crippen LogP contribution in [0.25, 0.3) is 0 Å². The summed E-state index contributed by atoms with van der Waals surface area (Å²) in [7, 11) is 3.42. The van der Waals surface area contributed by atoms with Gasteiger partial charge >= 0.3 is 6.03 Å². The van der Waals surface area contributed by atoms with E-state index in [9.17, 15) is 4.79 Å². The Morgan fingerprint density at radius 3 is 2.65 bits per heavy atom. The molecule has 0 saturated carbocycles. The second-order valence-corrected chi connectivity index (χ2v) is 5.67. The molecule has 5 heteroatoms. The van der Waals surface area contributed by atoms with Crippen LogP contribution in [-0.2, 0) is 13.0 Å². The third-order valence-corrected chi connectivity index (χ3v) is 3.71. The molecule has 0 aliphatic rings. The van der Waals surface area contributed by atoms with E-state index in [0.717, 1.165) is 24.4 Å². The lowest BCUT2D eigenvalue weighted by Gasteiger charge is -2.20. The predicted molar refractivity (Wildman–Crippen MR) is 89.5 cm³/mol. The van der Waals surface area contributed by atoms with Crippen LogP contribution in [0.4, 0.5) is 4.79 Å². The molecule has 0 radical (unpaired) electrons. The molecule has 0 bridgehead atoms. The summed E-state index contributed by atoms with van der Waals surface area (Å²) >= 11 is 0. The SMILES string of the molecule is COc1ccc(CC[C@@H](C)NC(=O)N(C)Cc2ccco2)cc1. The maximum atomic E-state index is 12.1. The maximum Gasteiger partial charge on any atom is 0.317 e. The minimum Gasteiger partial charge on any atom is -0.497 e. The van der Waals surface area contributed by atoms with E-state index in [4.69, 9.17) is 9.15 Å². The van der Waals surface area contributed by atoms with Crippen LogP contribution in [0.15, 0.2) is 47.1 Å². The fraction of sp³-hybridized carbons (Fsp3) is 0.389. The van der Waals surface area contributed by atoms with Crippen molar-refractivity contribution in [1.29, 1.82) is 0 Å². The van der Waals surface area contributed by atoms with Crippen LogP contribution < -0.4 is 10.1 Å². The van der Waals surface area contributed by atoms with Crippen LogP contribution in [0.5, 0.6) is 5.75 Å². The Morgan fingerprint density at radius 1 is 1.30 bits per heavy atom. The highest BCUT2D eigenvalue weighted by Gasteiger charge is 2.13. The molecule has 1 heterocycles.